The van der Waals surface area contributed by atoms with E-state index in [1.165, 1.54) is 12.4 Å². The summed E-state index contributed by atoms with van der Waals surface area (Å²) in [5.41, 5.74) is 5.08. The number of aliphatic imine (C=N–C) groups is 1. The maximum Gasteiger partial charge on any atom is 0.156 e. The molecule has 0 atom stereocenters. The van der Waals surface area contributed by atoms with Crippen LogP contribution in [-0.4, -0.2) is 18.5 Å². The molecular weight excluding hydrogens is 176 g/mol. The molecule has 4 heteroatoms. The average molecular weight is 189 g/mol. The molecule has 3 nitrogen and oxygen atoms in total. The van der Waals surface area contributed by atoms with Gasteiger partial charge in [-0.3, -0.25) is 9.79 Å². The lowest BCUT2D eigenvalue weighted by atomic mass is 10.1. The van der Waals surface area contributed by atoms with E-state index >= 15 is 0 Å². The normalized spacial score (nSPS) is 12.8. The second kappa shape index (κ2) is 5.77. The van der Waals surface area contributed by atoms with Crippen LogP contribution in [0.15, 0.2) is 16.2 Å². The Morgan fingerprint density at radius 3 is 2.67 bits per heavy atom. The summed E-state index contributed by atoms with van der Waals surface area (Å²) in [6.45, 7) is 3.83. The summed E-state index contributed by atoms with van der Waals surface area (Å²) in [7, 11) is 0. The number of carbonyl (C=O) groups excluding carboxylic acids is 1. The van der Waals surface area contributed by atoms with E-state index in [1.807, 2.05) is 13.8 Å². The highest BCUT2D eigenvalue weighted by atomic mass is 35.5. The van der Waals surface area contributed by atoms with Crippen LogP contribution in [0.25, 0.3) is 0 Å². The number of hydrogen-bond acceptors (Lipinski definition) is 3. The largest absolute Gasteiger partial charge is 0.403 e. The van der Waals surface area contributed by atoms with Crippen molar-refractivity contribution in [1.29, 1.82) is 0 Å². The molecule has 0 aromatic rings. The van der Waals surface area contributed by atoms with Gasteiger partial charge in [-0.2, -0.15) is 0 Å². The van der Waals surface area contributed by atoms with Gasteiger partial charge in [0.1, 0.15) is 0 Å². The van der Waals surface area contributed by atoms with Gasteiger partial charge >= 0.3 is 0 Å². The van der Waals surface area contributed by atoms with Crippen molar-refractivity contribution in [2.24, 2.45) is 16.6 Å². The lowest BCUT2D eigenvalue weighted by Crippen LogP contribution is -2.10. The molecule has 0 fully saturated rings. The molecule has 0 bridgehead atoms. The Bertz CT molecular complexity index is 209. The van der Waals surface area contributed by atoms with Gasteiger partial charge in [0.25, 0.3) is 0 Å². The Balaban J connectivity index is 3.83. The molecule has 0 aromatic heterocycles. The molecule has 12 heavy (non-hydrogen) atoms. The number of nitrogens with two attached hydrogens (primary N) is 1. The quantitative estimate of drug-likeness (QED) is 0.677. The lowest BCUT2D eigenvalue weighted by molar-refractivity contribution is -0.120. The third-order valence-corrected chi connectivity index (χ3v) is 1.49. The predicted octanol–water partition coefficient (Wildman–Crippen LogP) is 1.32. The van der Waals surface area contributed by atoms with Crippen LogP contribution in [0.1, 0.15) is 13.8 Å². The van der Waals surface area contributed by atoms with E-state index in [0.29, 0.717) is 5.03 Å². The van der Waals surface area contributed by atoms with Gasteiger partial charge in [0.2, 0.25) is 0 Å². The first kappa shape index (κ1) is 11.2. The van der Waals surface area contributed by atoms with Crippen LogP contribution in [0.2, 0.25) is 0 Å². The fourth-order valence-electron chi connectivity index (χ4n) is 0.448. The molecule has 0 radical (unpaired) electrons. The Labute approximate surface area is 77.3 Å². The first-order valence-corrected chi connectivity index (χ1v) is 4.05. The number of Topliss-reactive ketones (excluding diaryl/α,β-unsaturated/α-hetero) is 1. The monoisotopic (exact) mass is 188 g/mol. The summed E-state index contributed by atoms with van der Waals surface area (Å²) in [5.74, 6) is 0.107. The summed E-state index contributed by atoms with van der Waals surface area (Å²) in [6, 6.07) is 0. The second-order valence-electron chi connectivity index (χ2n) is 2.64. The van der Waals surface area contributed by atoms with Crippen LogP contribution < -0.4 is 5.73 Å². The number of carbonyl (C=O) groups is 1. The van der Waals surface area contributed by atoms with Crippen LogP contribution >= 0.6 is 11.6 Å². The molecule has 0 aliphatic heterocycles. The smallest absolute Gasteiger partial charge is 0.156 e. The highest BCUT2D eigenvalue weighted by Crippen LogP contribution is 1.96. The van der Waals surface area contributed by atoms with Crippen molar-refractivity contribution in [2.75, 3.05) is 6.54 Å². The maximum atomic E-state index is 11.0. The van der Waals surface area contributed by atoms with Gasteiger partial charge in [-0.15, -0.1) is 0 Å². The third-order valence-electron chi connectivity index (χ3n) is 1.26. The number of allylic oxidation sites excluding steroid dienone is 1. The summed E-state index contributed by atoms with van der Waals surface area (Å²) >= 11 is 5.50. The van der Waals surface area contributed by atoms with Crippen LogP contribution in [0, 0.1) is 5.92 Å². The van der Waals surface area contributed by atoms with Crippen molar-refractivity contribution in [2.45, 2.75) is 13.8 Å². The zero-order valence-corrected chi connectivity index (χ0v) is 8.01. The first-order valence-electron chi connectivity index (χ1n) is 3.68. The van der Waals surface area contributed by atoms with Gasteiger partial charge in [0.05, 0.1) is 11.6 Å². The van der Waals surface area contributed by atoms with Crippen LogP contribution in [-0.2, 0) is 4.79 Å². The molecule has 0 aliphatic carbocycles. The zero-order chi connectivity index (χ0) is 9.56. The van der Waals surface area contributed by atoms with Crippen LogP contribution in [0.5, 0.6) is 0 Å². The molecule has 68 valence electrons. The highest BCUT2D eigenvalue weighted by molar-refractivity contribution is 6.39. The summed E-state index contributed by atoms with van der Waals surface area (Å²) < 4.78 is 0. The molecule has 0 heterocycles. The molecule has 0 rings (SSSR count). The third kappa shape index (κ3) is 4.91. The minimum atomic E-state index is 0.0165. The van der Waals surface area contributed by atoms with Crippen LogP contribution in [0.4, 0.5) is 0 Å². The molecule has 0 spiro atoms. The number of rotatable bonds is 4. The van der Waals surface area contributed by atoms with E-state index in [0.717, 1.165) is 0 Å². The van der Waals surface area contributed by atoms with E-state index in [-0.39, 0.29) is 18.2 Å². The van der Waals surface area contributed by atoms with Crippen molar-refractivity contribution in [3.63, 3.8) is 0 Å². The summed E-state index contributed by atoms with van der Waals surface area (Å²) in [4.78, 5) is 14.8. The van der Waals surface area contributed by atoms with Crippen molar-refractivity contribution in [3.05, 3.63) is 11.2 Å². The Morgan fingerprint density at radius 1 is 1.67 bits per heavy atom. The minimum Gasteiger partial charge on any atom is -0.403 e. The SMILES string of the molecule is CC(C)C(=O)CN=CC(Cl)=CN. The molecule has 2 N–H and O–H groups in total. The van der Waals surface area contributed by atoms with E-state index in [4.69, 9.17) is 17.3 Å². The number of hydrogen-bond donors (Lipinski definition) is 1. The van der Waals surface area contributed by atoms with Gasteiger partial charge in [-0.05, 0) is 0 Å². The average Bonchev–Trinajstić information content (AvgIpc) is 2.03. The van der Waals surface area contributed by atoms with E-state index in [2.05, 4.69) is 4.99 Å². The Kier molecular flexibility index (Phi) is 5.37. The maximum absolute atomic E-state index is 11.0. The van der Waals surface area contributed by atoms with Gasteiger partial charge in [0.15, 0.2) is 5.78 Å². The molecule has 0 saturated carbocycles. The molecular formula is C8H13ClN2O. The molecule has 0 saturated heterocycles. The van der Waals surface area contributed by atoms with Gasteiger partial charge < -0.3 is 5.73 Å². The minimum absolute atomic E-state index is 0.0165. The van der Waals surface area contributed by atoms with Crippen molar-refractivity contribution in [1.82, 2.24) is 0 Å². The zero-order valence-electron chi connectivity index (χ0n) is 7.25. The highest BCUT2D eigenvalue weighted by Gasteiger charge is 2.04. The molecule has 0 unspecified atom stereocenters. The Morgan fingerprint density at radius 2 is 2.25 bits per heavy atom. The van der Waals surface area contributed by atoms with Crippen molar-refractivity contribution >= 4 is 23.6 Å². The number of halogens is 1. The van der Waals surface area contributed by atoms with Crippen molar-refractivity contribution < 1.29 is 4.79 Å². The van der Waals surface area contributed by atoms with Crippen molar-refractivity contribution in [3.8, 4) is 0 Å². The molecule has 0 aliphatic rings. The fourth-order valence-corrected chi connectivity index (χ4v) is 0.517. The lowest BCUT2D eigenvalue weighted by Gasteiger charge is -1.98. The predicted molar refractivity (Wildman–Crippen MR) is 51.3 cm³/mol. The van der Waals surface area contributed by atoms with Crippen LogP contribution in [0.3, 0.4) is 0 Å². The van der Waals surface area contributed by atoms with Gasteiger partial charge in [0, 0.05) is 18.3 Å². The first-order chi connectivity index (χ1) is 5.57. The number of nitrogens with zero attached hydrogens (tertiary/aromatic N) is 1. The topological polar surface area (TPSA) is 55.5 Å². The standard InChI is InChI=1S/C8H13ClN2O/c1-6(2)8(12)5-11-4-7(9)3-10/h3-4,6H,5,10H2,1-2H3. The number of ketones is 1. The van der Waals surface area contributed by atoms with E-state index in [9.17, 15) is 4.79 Å². The van der Waals surface area contributed by atoms with E-state index < -0.39 is 0 Å². The van der Waals surface area contributed by atoms with E-state index in [1.54, 1.807) is 0 Å². The molecule has 0 aromatic carbocycles. The summed E-state index contributed by atoms with van der Waals surface area (Å²) in [6.07, 6.45) is 2.60. The van der Waals surface area contributed by atoms with Gasteiger partial charge in [-0.25, -0.2) is 0 Å². The fraction of sp³-hybridized carbons (Fsp3) is 0.500. The molecule has 0 amide bonds. The van der Waals surface area contributed by atoms with Gasteiger partial charge in [-0.1, -0.05) is 25.4 Å². The summed E-state index contributed by atoms with van der Waals surface area (Å²) in [5, 5.41) is 0.339. The Hall–Kier alpha value is -0.830. The second-order valence-corrected chi connectivity index (χ2v) is 3.08.